The Morgan fingerprint density at radius 2 is 2.28 bits per heavy atom. The van der Waals surface area contributed by atoms with Gasteiger partial charge >= 0.3 is 5.97 Å². The zero-order chi connectivity index (χ0) is 12.6. The molecule has 0 aliphatic carbocycles. The summed E-state index contributed by atoms with van der Waals surface area (Å²) in [4.78, 5) is 12.1. The quantitative estimate of drug-likeness (QED) is 0.644. The molecule has 3 aliphatic rings. The molecule has 2 unspecified atom stereocenters. The summed E-state index contributed by atoms with van der Waals surface area (Å²) in [7, 11) is 1.55. The normalized spacial score (nSPS) is 36.1. The lowest BCUT2D eigenvalue weighted by atomic mass is 10.1. The Morgan fingerprint density at radius 1 is 1.39 bits per heavy atom. The maximum Gasteiger partial charge on any atom is 0.340 e. The SMILES string of the molecule is COC1CC2=C(CCOC3(CCOC3)OC2=O)O1. The fourth-order valence-electron chi connectivity index (χ4n) is 2.40. The maximum absolute atomic E-state index is 12.1. The lowest BCUT2D eigenvalue weighted by Gasteiger charge is -2.29. The molecule has 0 radical (unpaired) electrons. The van der Waals surface area contributed by atoms with E-state index in [0.717, 1.165) is 0 Å². The van der Waals surface area contributed by atoms with Gasteiger partial charge < -0.3 is 23.7 Å². The van der Waals surface area contributed by atoms with Gasteiger partial charge in [-0.05, 0) is 0 Å². The van der Waals surface area contributed by atoms with Crippen LogP contribution in [0.25, 0.3) is 0 Å². The third-order valence-electron chi connectivity index (χ3n) is 3.41. The van der Waals surface area contributed by atoms with Crippen LogP contribution in [-0.4, -0.2) is 45.0 Å². The van der Waals surface area contributed by atoms with Crippen molar-refractivity contribution >= 4 is 5.97 Å². The largest absolute Gasteiger partial charge is 0.468 e. The van der Waals surface area contributed by atoms with E-state index in [4.69, 9.17) is 23.7 Å². The van der Waals surface area contributed by atoms with E-state index in [9.17, 15) is 4.79 Å². The fraction of sp³-hybridized carbons (Fsp3) is 0.750. The highest BCUT2D eigenvalue weighted by atomic mass is 16.7. The molecule has 3 aliphatic heterocycles. The number of carbonyl (C=O) groups is 1. The summed E-state index contributed by atoms with van der Waals surface area (Å²) >= 11 is 0. The summed E-state index contributed by atoms with van der Waals surface area (Å²) < 4.78 is 27.0. The van der Waals surface area contributed by atoms with Gasteiger partial charge in [-0.25, -0.2) is 4.79 Å². The highest BCUT2D eigenvalue weighted by Gasteiger charge is 2.44. The summed E-state index contributed by atoms with van der Waals surface area (Å²) in [5.41, 5.74) is 0.566. The van der Waals surface area contributed by atoms with Gasteiger partial charge in [-0.1, -0.05) is 0 Å². The molecular weight excluding hydrogens is 240 g/mol. The lowest BCUT2D eigenvalue weighted by Crippen LogP contribution is -2.40. The Labute approximate surface area is 105 Å². The van der Waals surface area contributed by atoms with Gasteiger partial charge in [-0.2, -0.15) is 0 Å². The van der Waals surface area contributed by atoms with Crippen LogP contribution >= 0.6 is 0 Å². The molecule has 1 spiro atoms. The topological polar surface area (TPSA) is 63.2 Å². The van der Waals surface area contributed by atoms with Crippen LogP contribution in [0.1, 0.15) is 19.3 Å². The number of methoxy groups -OCH3 is 1. The third-order valence-corrected chi connectivity index (χ3v) is 3.41. The molecule has 0 N–H and O–H groups in total. The highest BCUT2D eigenvalue weighted by molar-refractivity contribution is 5.89. The van der Waals surface area contributed by atoms with Crippen molar-refractivity contribution < 1.29 is 28.5 Å². The summed E-state index contributed by atoms with van der Waals surface area (Å²) in [6.07, 6.45) is 1.18. The van der Waals surface area contributed by atoms with Gasteiger partial charge in [0, 0.05) is 26.4 Å². The minimum Gasteiger partial charge on any atom is -0.468 e. The van der Waals surface area contributed by atoms with Crippen LogP contribution in [0.4, 0.5) is 0 Å². The van der Waals surface area contributed by atoms with Crippen molar-refractivity contribution in [3.05, 3.63) is 11.3 Å². The molecule has 6 nitrogen and oxygen atoms in total. The molecule has 3 heterocycles. The third kappa shape index (κ3) is 2.00. The standard InChI is InChI=1S/C12H16O6/c1-14-10-6-8-9(17-10)2-4-16-12(18-11(8)13)3-5-15-7-12/h10H,2-7H2,1H3. The molecule has 0 bridgehead atoms. The molecule has 6 heteroatoms. The first-order valence-electron chi connectivity index (χ1n) is 6.09. The molecular formula is C12H16O6. The van der Waals surface area contributed by atoms with Crippen molar-refractivity contribution in [2.45, 2.75) is 31.3 Å². The first kappa shape index (κ1) is 12.0. The van der Waals surface area contributed by atoms with Gasteiger partial charge in [-0.3, -0.25) is 0 Å². The monoisotopic (exact) mass is 256 g/mol. The van der Waals surface area contributed by atoms with E-state index < -0.39 is 12.1 Å². The smallest absolute Gasteiger partial charge is 0.340 e. The lowest BCUT2D eigenvalue weighted by molar-refractivity contribution is -0.228. The molecule has 0 amide bonds. The summed E-state index contributed by atoms with van der Waals surface area (Å²) in [5.74, 6) is -0.656. The van der Waals surface area contributed by atoms with Crippen molar-refractivity contribution in [2.75, 3.05) is 26.9 Å². The summed E-state index contributed by atoms with van der Waals surface area (Å²) in [5, 5.41) is 0. The van der Waals surface area contributed by atoms with Gasteiger partial charge in [0.1, 0.15) is 12.4 Å². The second-order valence-electron chi connectivity index (χ2n) is 4.59. The van der Waals surface area contributed by atoms with E-state index in [0.29, 0.717) is 50.4 Å². The first-order valence-corrected chi connectivity index (χ1v) is 6.09. The molecule has 3 rings (SSSR count). The van der Waals surface area contributed by atoms with Crippen LogP contribution in [0, 0.1) is 0 Å². The Morgan fingerprint density at radius 3 is 3.00 bits per heavy atom. The van der Waals surface area contributed by atoms with E-state index in [2.05, 4.69) is 0 Å². The molecule has 100 valence electrons. The van der Waals surface area contributed by atoms with Gasteiger partial charge in [-0.15, -0.1) is 0 Å². The molecule has 1 saturated heterocycles. The molecule has 0 aromatic rings. The number of hydrogen-bond donors (Lipinski definition) is 0. The van der Waals surface area contributed by atoms with Gasteiger partial charge in [0.15, 0.2) is 0 Å². The minimum absolute atomic E-state index is 0.302. The first-order chi connectivity index (χ1) is 8.72. The fourth-order valence-corrected chi connectivity index (χ4v) is 2.40. The van der Waals surface area contributed by atoms with Crippen LogP contribution in [0.2, 0.25) is 0 Å². The van der Waals surface area contributed by atoms with Gasteiger partial charge in [0.25, 0.3) is 0 Å². The number of rotatable bonds is 1. The number of ether oxygens (including phenoxy) is 5. The van der Waals surface area contributed by atoms with Crippen LogP contribution in [-0.2, 0) is 28.5 Å². The van der Waals surface area contributed by atoms with Crippen molar-refractivity contribution in [3.63, 3.8) is 0 Å². The maximum atomic E-state index is 12.1. The van der Waals surface area contributed by atoms with Crippen molar-refractivity contribution in [3.8, 4) is 0 Å². The van der Waals surface area contributed by atoms with E-state index in [1.165, 1.54) is 0 Å². The number of carbonyl (C=O) groups excluding carboxylic acids is 1. The Hall–Kier alpha value is -1.11. The second kappa shape index (κ2) is 4.53. The van der Waals surface area contributed by atoms with E-state index in [1.807, 2.05) is 0 Å². The number of esters is 1. The Bertz CT molecular complexity index is 382. The predicted octanol–water partition coefficient (Wildman–Crippen LogP) is 0.713. The van der Waals surface area contributed by atoms with Crippen LogP contribution in [0.5, 0.6) is 0 Å². The van der Waals surface area contributed by atoms with E-state index in [-0.39, 0.29) is 5.97 Å². The molecule has 18 heavy (non-hydrogen) atoms. The Balaban J connectivity index is 1.79. The van der Waals surface area contributed by atoms with Crippen LogP contribution < -0.4 is 0 Å². The molecule has 0 saturated carbocycles. The van der Waals surface area contributed by atoms with Crippen molar-refractivity contribution in [2.24, 2.45) is 0 Å². The summed E-state index contributed by atoms with van der Waals surface area (Å²) in [6, 6.07) is 0. The molecule has 1 fully saturated rings. The zero-order valence-corrected chi connectivity index (χ0v) is 10.3. The average Bonchev–Trinajstić information content (AvgIpc) is 2.95. The average molecular weight is 256 g/mol. The summed E-state index contributed by atoms with van der Waals surface area (Å²) in [6.45, 7) is 1.30. The van der Waals surface area contributed by atoms with Crippen LogP contribution in [0.3, 0.4) is 0 Å². The molecule has 2 atom stereocenters. The minimum atomic E-state index is -0.902. The van der Waals surface area contributed by atoms with Gasteiger partial charge in [0.2, 0.25) is 12.1 Å². The van der Waals surface area contributed by atoms with E-state index >= 15 is 0 Å². The zero-order valence-electron chi connectivity index (χ0n) is 10.3. The van der Waals surface area contributed by atoms with Gasteiger partial charge in [0.05, 0.1) is 18.8 Å². The highest BCUT2D eigenvalue weighted by Crippen LogP contribution is 2.35. The van der Waals surface area contributed by atoms with Crippen molar-refractivity contribution in [1.29, 1.82) is 0 Å². The Kier molecular flexibility index (Phi) is 3.01. The molecule has 0 aromatic carbocycles. The van der Waals surface area contributed by atoms with Crippen molar-refractivity contribution in [1.82, 2.24) is 0 Å². The number of hydrogen-bond acceptors (Lipinski definition) is 6. The second-order valence-corrected chi connectivity index (χ2v) is 4.59. The van der Waals surface area contributed by atoms with Crippen LogP contribution in [0.15, 0.2) is 11.3 Å². The predicted molar refractivity (Wildman–Crippen MR) is 58.4 cm³/mol. The molecule has 0 aromatic heterocycles. The van der Waals surface area contributed by atoms with E-state index in [1.54, 1.807) is 7.11 Å².